The fourth-order valence-electron chi connectivity index (χ4n) is 2.71. The van der Waals surface area contributed by atoms with E-state index < -0.39 is 11.6 Å². The third-order valence-corrected chi connectivity index (χ3v) is 4.65. The number of ether oxygens (including phenoxy) is 1. The summed E-state index contributed by atoms with van der Waals surface area (Å²) < 4.78 is 11.0. The second-order valence-corrected chi connectivity index (χ2v) is 7.39. The van der Waals surface area contributed by atoms with Crippen molar-refractivity contribution < 1.29 is 18.8 Å². The summed E-state index contributed by atoms with van der Waals surface area (Å²) in [5.41, 5.74) is 0.837. The van der Waals surface area contributed by atoms with E-state index in [0.717, 1.165) is 22.2 Å². The minimum Gasteiger partial charge on any atom is -0.478 e. The number of nitrogens with one attached hydrogen (secondary N) is 1. The molecule has 0 aliphatic carbocycles. The number of carboxylic acids is 1. The molecule has 0 spiro atoms. The first-order valence-electron chi connectivity index (χ1n) is 8.87. The van der Waals surface area contributed by atoms with E-state index in [-0.39, 0.29) is 0 Å². The van der Waals surface area contributed by atoms with Gasteiger partial charge in [-0.25, -0.2) is 4.79 Å². The van der Waals surface area contributed by atoms with Gasteiger partial charge < -0.3 is 19.3 Å². The van der Waals surface area contributed by atoms with E-state index in [9.17, 15) is 4.79 Å². The number of aliphatic carboxylic acids is 1. The van der Waals surface area contributed by atoms with Gasteiger partial charge in [0, 0.05) is 18.5 Å². The number of hydrogen-bond donors (Lipinski definition) is 2. The minimum absolute atomic E-state index is 0.520. The average molecular weight is 397 g/mol. The maximum atomic E-state index is 11.2. The van der Waals surface area contributed by atoms with Crippen molar-refractivity contribution in [1.82, 2.24) is 0 Å². The van der Waals surface area contributed by atoms with E-state index in [0.29, 0.717) is 12.3 Å². The lowest BCUT2D eigenvalue weighted by molar-refractivity contribution is -0.152. The van der Waals surface area contributed by atoms with Crippen molar-refractivity contribution in [3.8, 4) is 11.5 Å². The van der Waals surface area contributed by atoms with Gasteiger partial charge in [-0.2, -0.15) is 0 Å². The van der Waals surface area contributed by atoms with Crippen molar-refractivity contribution in [2.75, 3.05) is 11.6 Å². The van der Waals surface area contributed by atoms with Crippen LogP contribution in [-0.4, -0.2) is 22.9 Å². The highest BCUT2D eigenvalue weighted by atomic mass is 32.2. The van der Waals surface area contributed by atoms with Crippen molar-refractivity contribution in [2.45, 2.75) is 26.0 Å². The Morgan fingerprint density at radius 3 is 2.32 bits per heavy atom. The Balaban J connectivity index is 1.63. The standard InChI is InChI=1S/C22H23NO4S/c1-22(2,21(24)25)26-19-10-7-18(8-11-19)23-14-15-4-5-17-13-20(27-28-3)9-6-16(17)12-15/h4-13,23H,14H2,1-3H3,(H,24,25). The third kappa shape index (κ3) is 4.89. The Morgan fingerprint density at radius 1 is 1.00 bits per heavy atom. The zero-order valence-electron chi connectivity index (χ0n) is 16.1. The van der Waals surface area contributed by atoms with E-state index in [1.807, 2.05) is 30.5 Å². The molecule has 28 heavy (non-hydrogen) atoms. The molecule has 0 saturated heterocycles. The van der Waals surface area contributed by atoms with Crippen molar-refractivity contribution in [1.29, 1.82) is 0 Å². The molecular formula is C22H23NO4S. The van der Waals surface area contributed by atoms with Gasteiger partial charge in [0.2, 0.25) is 0 Å². The van der Waals surface area contributed by atoms with Crippen molar-refractivity contribution in [3.63, 3.8) is 0 Å². The Kier molecular flexibility index (Phi) is 5.99. The maximum absolute atomic E-state index is 11.2. The molecule has 0 aromatic heterocycles. The van der Waals surface area contributed by atoms with E-state index >= 15 is 0 Å². The third-order valence-electron chi connectivity index (χ3n) is 4.29. The summed E-state index contributed by atoms with van der Waals surface area (Å²) in [5.74, 6) is 0.365. The fraction of sp³-hybridized carbons (Fsp3) is 0.227. The van der Waals surface area contributed by atoms with Crippen molar-refractivity contribution >= 4 is 34.5 Å². The summed E-state index contributed by atoms with van der Waals surface area (Å²) in [5, 5.41) is 14.8. The Labute approximate surface area is 168 Å². The number of carbonyl (C=O) groups is 1. The number of hydrogen-bond acceptors (Lipinski definition) is 5. The highest BCUT2D eigenvalue weighted by Crippen LogP contribution is 2.25. The Bertz CT molecular complexity index is 970. The second kappa shape index (κ2) is 8.44. The summed E-state index contributed by atoms with van der Waals surface area (Å²) in [4.78, 5) is 11.2. The molecule has 3 aromatic carbocycles. The van der Waals surface area contributed by atoms with Crippen molar-refractivity contribution in [3.05, 3.63) is 66.2 Å². The first-order valence-corrected chi connectivity index (χ1v) is 10.0. The van der Waals surface area contributed by atoms with E-state index in [2.05, 4.69) is 29.6 Å². The molecule has 0 fully saturated rings. The molecule has 0 radical (unpaired) electrons. The number of fused-ring (bicyclic) bond motifs is 1. The monoisotopic (exact) mass is 397 g/mol. The molecule has 0 unspecified atom stereocenters. The maximum Gasteiger partial charge on any atom is 0.347 e. The molecule has 6 heteroatoms. The molecule has 0 heterocycles. The van der Waals surface area contributed by atoms with Crippen LogP contribution in [-0.2, 0) is 11.3 Å². The second-order valence-electron chi connectivity index (χ2n) is 6.89. The summed E-state index contributed by atoms with van der Waals surface area (Å²) >= 11 is 1.33. The van der Waals surface area contributed by atoms with Crippen LogP contribution < -0.4 is 14.2 Å². The van der Waals surface area contributed by atoms with Crippen LogP contribution in [0.3, 0.4) is 0 Å². The molecule has 3 aromatic rings. The first kappa shape index (κ1) is 19.9. The molecule has 146 valence electrons. The van der Waals surface area contributed by atoms with Gasteiger partial charge in [0.25, 0.3) is 0 Å². The first-order chi connectivity index (χ1) is 13.4. The van der Waals surface area contributed by atoms with Gasteiger partial charge in [-0.15, -0.1) is 0 Å². The summed E-state index contributed by atoms with van der Waals surface area (Å²) in [7, 11) is 0. The largest absolute Gasteiger partial charge is 0.478 e. The fourth-order valence-corrected chi connectivity index (χ4v) is 3.01. The molecule has 0 aliphatic heterocycles. The van der Waals surface area contributed by atoms with Gasteiger partial charge in [-0.05, 0) is 72.6 Å². The minimum atomic E-state index is -1.26. The molecule has 0 bridgehead atoms. The van der Waals surface area contributed by atoms with Gasteiger partial charge in [-0.1, -0.05) is 18.2 Å². The van der Waals surface area contributed by atoms with E-state index in [4.69, 9.17) is 14.0 Å². The van der Waals surface area contributed by atoms with Crippen LogP contribution in [0.2, 0.25) is 0 Å². The molecule has 0 atom stereocenters. The lowest BCUT2D eigenvalue weighted by Gasteiger charge is -2.21. The normalized spacial score (nSPS) is 11.2. The zero-order valence-corrected chi connectivity index (χ0v) is 16.9. The SMILES string of the molecule is CSOc1ccc2cc(CNc3ccc(OC(C)(C)C(=O)O)cc3)ccc2c1. The van der Waals surface area contributed by atoms with Gasteiger partial charge in [0.1, 0.15) is 11.5 Å². The predicted molar refractivity (Wildman–Crippen MR) is 114 cm³/mol. The summed E-state index contributed by atoms with van der Waals surface area (Å²) in [6.45, 7) is 3.73. The number of rotatable bonds is 8. The molecule has 0 amide bonds. The lowest BCUT2D eigenvalue weighted by Crippen LogP contribution is -2.37. The lowest BCUT2D eigenvalue weighted by atomic mass is 10.1. The quantitative estimate of drug-likeness (QED) is 0.499. The van der Waals surface area contributed by atoms with Crippen LogP contribution in [0.5, 0.6) is 11.5 Å². The number of anilines is 1. The molecule has 0 aliphatic rings. The van der Waals surface area contributed by atoms with E-state index in [1.54, 1.807) is 12.1 Å². The van der Waals surface area contributed by atoms with Crippen LogP contribution in [0.25, 0.3) is 10.8 Å². The van der Waals surface area contributed by atoms with Crippen LogP contribution in [0.1, 0.15) is 19.4 Å². The molecule has 0 saturated carbocycles. The topological polar surface area (TPSA) is 67.8 Å². The predicted octanol–water partition coefficient (Wildman–Crippen LogP) is 5.35. The van der Waals surface area contributed by atoms with Gasteiger partial charge in [0.05, 0.1) is 12.0 Å². The van der Waals surface area contributed by atoms with Gasteiger partial charge in [0.15, 0.2) is 5.60 Å². The highest BCUT2D eigenvalue weighted by molar-refractivity contribution is 7.94. The van der Waals surface area contributed by atoms with Crippen LogP contribution in [0.4, 0.5) is 5.69 Å². The van der Waals surface area contributed by atoms with Gasteiger partial charge in [-0.3, -0.25) is 0 Å². The Morgan fingerprint density at radius 2 is 1.64 bits per heavy atom. The summed E-state index contributed by atoms with van der Waals surface area (Å²) in [6, 6.07) is 19.7. The highest BCUT2D eigenvalue weighted by Gasteiger charge is 2.29. The Hall–Kier alpha value is -2.86. The molecule has 2 N–H and O–H groups in total. The van der Waals surface area contributed by atoms with E-state index in [1.165, 1.54) is 31.5 Å². The number of carboxylic acid groups (broad SMARTS) is 1. The van der Waals surface area contributed by atoms with Crippen LogP contribution >= 0.6 is 12.0 Å². The average Bonchev–Trinajstić information content (AvgIpc) is 2.67. The van der Waals surface area contributed by atoms with Crippen LogP contribution in [0.15, 0.2) is 60.7 Å². The smallest absolute Gasteiger partial charge is 0.347 e. The van der Waals surface area contributed by atoms with Crippen LogP contribution in [0, 0.1) is 0 Å². The van der Waals surface area contributed by atoms with Gasteiger partial charge >= 0.3 is 5.97 Å². The number of benzene rings is 3. The summed E-state index contributed by atoms with van der Waals surface area (Å²) in [6.07, 6.45) is 1.89. The van der Waals surface area contributed by atoms with Crippen molar-refractivity contribution in [2.24, 2.45) is 0 Å². The molecule has 5 nitrogen and oxygen atoms in total. The molecule has 3 rings (SSSR count). The zero-order chi connectivity index (χ0) is 20.1. The molecular weight excluding hydrogens is 374 g/mol.